The highest BCUT2D eigenvalue weighted by molar-refractivity contribution is 7.07. The van der Waals surface area contributed by atoms with Crippen LogP contribution in [0.1, 0.15) is 31.4 Å². The number of hydrogen-bond acceptors (Lipinski definition) is 2. The summed E-state index contributed by atoms with van der Waals surface area (Å²) in [7, 11) is 0. The predicted octanol–water partition coefficient (Wildman–Crippen LogP) is 4.34. The van der Waals surface area contributed by atoms with Crippen molar-refractivity contribution in [3.8, 4) is 0 Å². The van der Waals surface area contributed by atoms with Gasteiger partial charge < -0.3 is 0 Å². The van der Waals surface area contributed by atoms with Crippen LogP contribution < -0.4 is 0 Å². The van der Waals surface area contributed by atoms with Crippen LogP contribution in [-0.4, -0.2) is 16.7 Å². The van der Waals surface area contributed by atoms with Crippen molar-refractivity contribution in [3.05, 3.63) is 16.6 Å². The first-order valence-corrected chi connectivity index (χ1v) is 7.81. The quantitative estimate of drug-likeness (QED) is 0.730. The highest BCUT2D eigenvalue weighted by Crippen LogP contribution is 2.44. The first-order valence-electron chi connectivity index (χ1n) is 5.80. The van der Waals surface area contributed by atoms with Crippen LogP contribution in [0.15, 0.2) is 10.9 Å². The maximum atomic E-state index is 6.21. The predicted molar refractivity (Wildman–Crippen MR) is 71.6 cm³/mol. The normalized spacial score (nSPS) is 18.1. The van der Waals surface area contributed by atoms with Gasteiger partial charge in [0, 0.05) is 22.6 Å². The Morgan fingerprint density at radius 2 is 2.00 bits per heavy atom. The Kier molecular flexibility index (Phi) is 4.51. The molecule has 0 aliphatic heterocycles. The molecule has 1 aromatic heterocycles. The summed E-state index contributed by atoms with van der Waals surface area (Å²) >= 11 is 14.1. The zero-order chi connectivity index (χ0) is 11.4. The van der Waals surface area contributed by atoms with E-state index in [0.29, 0.717) is 17.7 Å². The molecule has 90 valence electrons. The molecule has 0 aromatic carbocycles. The molecule has 0 atom stereocenters. The van der Waals surface area contributed by atoms with E-state index in [1.807, 2.05) is 5.51 Å². The van der Waals surface area contributed by atoms with Gasteiger partial charge >= 0.3 is 0 Å². The molecule has 1 aliphatic rings. The maximum Gasteiger partial charge on any atom is 0.0794 e. The zero-order valence-corrected chi connectivity index (χ0v) is 11.6. The number of alkyl halides is 2. The molecule has 0 N–H and O–H groups in total. The average Bonchev–Trinajstić information content (AvgIpc) is 2.99. The first kappa shape index (κ1) is 12.7. The van der Waals surface area contributed by atoms with Gasteiger partial charge in [0.25, 0.3) is 0 Å². The Labute approximate surface area is 111 Å². The molecular formula is C12H17Cl2NS. The fourth-order valence-electron chi connectivity index (χ4n) is 2.72. The number of thiazole rings is 1. The van der Waals surface area contributed by atoms with E-state index in [4.69, 9.17) is 23.2 Å². The third kappa shape index (κ3) is 2.55. The molecule has 1 nitrogen and oxygen atoms in total. The van der Waals surface area contributed by atoms with Crippen molar-refractivity contribution in [1.82, 2.24) is 4.98 Å². The summed E-state index contributed by atoms with van der Waals surface area (Å²) in [4.78, 5) is 4.37. The molecule has 1 heterocycles. The molecule has 0 bridgehead atoms. The van der Waals surface area contributed by atoms with E-state index in [1.54, 1.807) is 11.3 Å². The van der Waals surface area contributed by atoms with E-state index in [2.05, 4.69) is 10.4 Å². The van der Waals surface area contributed by atoms with Crippen molar-refractivity contribution in [3.63, 3.8) is 0 Å². The van der Waals surface area contributed by atoms with E-state index >= 15 is 0 Å². The van der Waals surface area contributed by atoms with Crippen LogP contribution >= 0.6 is 34.5 Å². The third-order valence-electron chi connectivity index (χ3n) is 3.77. The minimum atomic E-state index is 0.0632. The Morgan fingerprint density at radius 3 is 2.50 bits per heavy atom. The molecule has 0 amide bonds. The number of aromatic nitrogens is 1. The van der Waals surface area contributed by atoms with Gasteiger partial charge in [0.05, 0.1) is 11.2 Å². The first-order chi connectivity index (χ1) is 7.80. The molecule has 1 aromatic rings. The van der Waals surface area contributed by atoms with Crippen molar-refractivity contribution in [2.45, 2.75) is 32.1 Å². The molecular weight excluding hydrogens is 261 g/mol. The van der Waals surface area contributed by atoms with E-state index in [9.17, 15) is 0 Å². The lowest BCUT2D eigenvalue weighted by Crippen LogP contribution is -2.35. The Hall–Kier alpha value is 0.210. The standard InChI is InChI=1S/C12H17Cl2NS/c13-7-12(8-14,10-3-1-2-4-10)5-11-6-16-9-15-11/h6,9-10H,1-5,7-8H2. The lowest BCUT2D eigenvalue weighted by molar-refractivity contribution is 0.223. The molecule has 1 fully saturated rings. The van der Waals surface area contributed by atoms with Crippen LogP contribution in [0.3, 0.4) is 0 Å². The molecule has 1 aliphatic carbocycles. The Bertz CT molecular complexity index is 303. The van der Waals surface area contributed by atoms with Gasteiger partial charge in [0.1, 0.15) is 0 Å². The lowest BCUT2D eigenvalue weighted by Gasteiger charge is -2.35. The summed E-state index contributed by atoms with van der Waals surface area (Å²) < 4.78 is 0. The van der Waals surface area contributed by atoms with Crippen molar-refractivity contribution in [2.24, 2.45) is 11.3 Å². The monoisotopic (exact) mass is 277 g/mol. The van der Waals surface area contributed by atoms with E-state index in [-0.39, 0.29) is 5.41 Å². The summed E-state index contributed by atoms with van der Waals surface area (Å²) in [6.07, 6.45) is 6.16. The Balaban J connectivity index is 2.13. The van der Waals surface area contributed by atoms with Crippen molar-refractivity contribution < 1.29 is 0 Å². The zero-order valence-electron chi connectivity index (χ0n) is 9.29. The van der Waals surface area contributed by atoms with E-state index < -0.39 is 0 Å². The molecule has 0 radical (unpaired) electrons. The molecule has 2 rings (SSSR count). The highest BCUT2D eigenvalue weighted by Gasteiger charge is 2.39. The number of rotatable bonds is 5. The van der Waals surface area contributed by atoms with Crippen LogP contribution in [0.2, 0.25) is 0 Å². The van der Waals surface area contributed by atoms with E-state index in [0.717, 1.165) is 12.1 Å². The van der Waals surface area contributed by atoms with Crippen molar-refractivity contribution in [2.75, 3.05) is 11.8 Å². The van der Waals surface area contributed by atoms with Gasteiger partial charge in [0.15, 0.2) is 0 Å². The summed E-state index contributed by atoms with van der Waals surface area (Å²) in [5, 5.41) is 2.11. The van der Waals surface area contributed by atoms with Gasteiger partial charge in [-0.05, 0) is 25.2 Å². The van der Waals surface area contributed by atoms with E-state index in [1.165, 1.54) is 25.7 Å². The molecule has 0 unspecified atom stereocenters. The number of hydrogen-bond donors (Lipinski definition) is 0. The van der Waals surface area contributed by atoms with Crippen LogP contribution in [0.4, 0.5) is 0 Å². The fourth-order valence-corrected chi connectivity index (χ4v) is 4.19. The van der Waals surface area contributed by atoms with Gasteiger partial charge in [-0.3, -0.25) is 0 Å². The van der Waals surface area contributed by atoms with Gasteiger partial charge in [-0.25, -0.2) is 4.98 Å². The topological polar surface area (TPSA) is 12.9 Å². The van der Waals surface area contributed by atoms with Crippen LogP contribution in [0, 0.1) is 11.3 Å². The second-order valence-corrected chi connectivity index (χ2v) is 6.02. The summed E-state index contributed by atoms with van der Waals surface area (Å²) in [5.41, 5.74) is 3.10. The van der Waals surface area contributed by atoms with Crippen LogP contribution in [-0.2, 0) is 6.42 Å². The fraction of sp³-hybridized carbons (Fsp3) is 0.750. The van der Waals surface area contributed by atoms with Crippen LogP contribution in [0.25, 0.3) is 0 Å². The second kappa shape index (κ2) is 5.70. The summed E-state index contributed by atoms with van der Waals surface area (Å²) in [6, 6.07) is 0. The molecule has 4 heteroatoms. The number of nitrogens with zero attached hydrogens (tertiary/aromatic N) is 1. The SMILES string of the molecule is ClCC(CCl)(Cc1cscn1)C1CCCC1. The minimum Gasteiger partial charge on any atom is -0.250 e. The lowest BCUT2D eigenvalue weighted by atomic mass is 9.74. The van der Waals surface area contributed by atoms with Gasteiger partial charge in [-0.15, -0.1) is 34.5 Å². The minimum absolute atomic E-state index is 0.0632. The van der Waals surface area contributed by atoms with Gasteiger partial charge in [-0.2, -0.15) is 0 Å². The molecule has 0 saturated heterocycles. The maximum absolute atomic E-state index is 6.21. The highest BCUT2D eigenvalue weighted by atomic mass is 35.5. The number of halogens is 2. The average molecular weight is 278 g/mol. The second-order valence-electron chi connectivity index (χ2n) is 4.77. The Morgan fingerprint density at radius 1 is 1.31 bits per heavy atom. The third-order valence-corrected chi connectivity index (χ3v) is 5.47. The van der Waals surface area contributed by atoms with Crippen molar-refractivity contribution >= 4 is 34.5 Å². The molecule has 0 spiro atoms. The van der Waals surface area contributed by atoms with Gasteiger partial charge in [-0.1, -0.05) is 12.8 Å². The van der Waals surface area contributed by atoms with Crippen LogP contribution in [0.5, 0.6) is 0 Å². The smallest absolute Gasteiger partial charge is 0.0794 e. The molecule has 1 saturated carbocycles. The summed E-state index contributed by atoms with van der Waals surface area (Å²) in [5.74, 6) is 1.99. The largest absolute Gasteiger partial charge is 0.250 e. The van der Waals surface area contributed by atoms with Crippen molar-refractivity contribution in [1.29, 1.82) is 0 Å². The summed E-state index contributed by atoms with van der Waals surface area (Å²) in [6.45, 7) is 0. The molecule has 16 heavy (non-hydrogen) atoms. The van der Waals surface area contributed by atoms with Gasteiger partial charge in [0.2, 0.25) is 0 Å².